The first-order chi connectivity index (χ1) is 16.3. The highest BCUT2D eigenvalue weighted by Gasteiger charge is 2.33. The molecule has 0 unspecified atom stereocenters. The minimum absolute atomic E-state index is 0.0977. The van der Waals surface area contributed by atoms with E-state index < -0.39 is 0 Å². The van der Waals surface area contributed by atoms with Crippen LogP contribution in [0.15, 0.2) is 60.2 Å². The minimum atomic E-state index is -0.0977. The summed E-state index contributed by atoms with van der Waals surface area (Å²) in [5.41, 5.74) is 5.85. The van der Waals surface area contributed by atoms with Gasteiger partial charge in [-0.2, -0.15) is 0 Å². The Labute approximate surface area is 199 Å². The zero-order valence-corrected chi connectivity index (χ0v) is 20.1. The second-order valence-electron chi connectivity index (χ2n) is 9.44. The largest absolute Gasteiger partial charge is 0.494 e. The lowest BCUT2D eigenvalue weighted by atomic mass is 9.65. The van der Waals surface area contributed by atoms with E-state index >= 15 is 0 Å². The van der Waals surface area contributed by atoms with Gasteiger partial charge >= 0.3 is 5.97 Å². The smallest absolute Gasteiger partial charge is 0.305 e. The number of benzene rings is 2. The van der Waals surface area contributed by atoms with Crippen molar-refractivity contribution in [3.63, 3.8) is 0 Å². The fourth-order valence-corrected chi connectivity index (χ4v) is 5.67. The van der Waals surface area contributed by atoms with E-state index in [1.54, 1.807) is 5.57 Å². The van der Waals surface area contributed by atoms with Crippen molar-refractivity contribution in [3.8, 4) is 5.75 Å². The van der Waals surface area contributed by atoms with Crippen molar-refractivity contribution in [1.82, 2.24) is 0 Å². The van der Waals surface area contributed by atoms with Gasteiger partial charge in [-0.1, -0.05) is 60.9 Å². The fraction of sp³-hybridized carbons (Fsp3) is 0.500. The summed E-state index contributed by atoms with van der Waals surface area (Å²) < 4.78 is 11.0. The average molecular weight is 447 g/mol. The molecular weight excluding hydrogens is 408 g/mol. The Balaban J connectivity index is 1.42. The van der Waals surface area contributed by atoms with E-state index in [0.29, 0.717) is 19.6 Å². The van der Waals surface area contributed by atoms with Crippen molar-refractivity contribution >= 4 is 11.5 Å². The van der Waals surface area contributed by atoms with Crippen LogP contribution < -0.4 is 4.74 Å². The molecule has 0 heterocycles. The van der Waals surface area contributed by atoms with Crippen molar-refractivity contribution in [2.75, 3.05) is 13.2 Å². The van der Waals surface area contributed by atoms with Gasteiger partial charge in [0.25, 0.3) is 0 Å². The summed E-state index contributed by atoms with van der Waals surface area (Å²) in [5, 5.41) is 0. The van der Waals surface area contributed by atoms with Gasteiger partial charge in [0.1, 0.15) is 5.75 Å². The van der Waals surface area contributed by atoms with E-state index in [1.165, 1.54) is 55.2 Å². The van der Waals surface area contributed by atoms with Gasteiger partial charge in [0.15, 0.2) is 0 Å². The molecule has 0 spiro atoms. The van der Waals surface area contributed by atoms with Crippen molar-refractivity contribution in [1.29, 1.82) is 0 Å². The lowest BCUT2D eigenvalue weighted by Gasteiger charge is -2.39. The molecule has 0 amide bonds. The average Bonchev–Trinajstić information content (AvgIpc) is 2.83. The SMILES string of the molecule is CCOC(=O)CCCCCOc1ccc(C(=C2C3CCCC2CCC3)c2ccccc2)cc1. The summed E-state index contributed by atoms with van der Waals surface area (Å²) in [4.78, 5) is 11.4. The van der Waals surface area contributed by atoms with E-state index in [9.17, 15) is 4.79 Å². The van der Waals surface area contributed by atoms with E-state index in [2.05, 4.69) is 54.6 Å². The van der Waals surface area contributed by atoms with Crippen molar-refractivity contribution in [3.05, 3.63) is 71.3 Å². The second-order valence-corrected chi connectivity index (χ2v) is 9.44. The predicted molar refractivity (Wildman–Crippen MR) is 134 cm³/mol. The summed E-state index contributed by atoms with van der Waals surface area (Å²) in [6.07, 6.45) is 11.4. The lowest BCUT2D eigenvalue weighted by Crippen LogP contribution is -2.25. The van der Waals surface area contributed by atoms with Gasteiger partial charge in [0.05, 0.1) is 13.2 Å². The summed E-state index contributed by atoms with van der Waals surface area (Å²) in [7, 11) is 0. The van der Waals surface area contributed by atoms with E-state index in [0.717, 1.165) is 36.8 Å². The van der Waals surface area contributed by atoms with Gasteiger partial charge in [-0.25, -0.2) is 0 Å². The van der Waals surface area contributed by atoms with Crippen molar-refractivity contribution in [2.24, 2.45) is 11.8 Å². The minimum Gasteiger partial charge on any atom is -0.494 e. The molecule has 0 N–H and O–H groups in total. The van der Waals surface area contributed by atoms with Gasteiger partial charge in [0, 0.05) is 6.42 Å². The number of allylic oxidation sites excluding steroid dienone is 1. The molecule has 0 aromatic heterocycles. The van der Waals surface area contributed by atoms with Gasteiger partial charge in [-0.15, -0.1) is 0 Å². The van der Waals surface area contributed by atoms with Crippen LogP contribution in [0.4, 0.5) is 0 Å². The molecule has 2 bridgehead atoms. The number of esters is 1. The predicted octanol–water partition coefficient (Wildman–Crippen LogP) is 7.59. The lowest BCUT2D eigenvalue weighted by molar-refractivity contribution is -0.143. The quantitative estimate of drug-likeness (QED) is 0.278. The highest BCUT2D eigenvalue weighted by molar-refractivity contribution is 5.83. The molecule has 3 nitrogen and oxygen atoms in total. The van der Waals surface area contributed by atoms with Crippen LogP contribution in [-0.4, -0.2) is 19.2 Å². The van der Waals surface area contributed by atoms with E-state index in [-0.39, 0.29) is 5.97 Å². The molecule has 0 aliphatic heterocycles. The Kier molecular flexibility index (Phi) is 8.63. The second kappa shape index (κ2) is 12.1. The maximum atomic E-state index is 11.4. The molecule has 0 radical (unpaired) electrons. The number of rotatable bonds is 10. The van der Waals surface area contributed by atoms with Gasteiger partial charge in [0.2, 0.25) is 0 Å². The molecule has 0 saturated heterocycles. The Morgan fingerprint density at radius 3 is 2.09 bits per heavy atom. The Morgan fingerprint density at radius 1 is 0.818 bits per heavy atom. The van der Waals surface area contributed by atoms with Crippen LogP contribution in [0, 0.1) is 11.8 Å². The topological polar surface area (TPSA) is 35.5 Å². The molecule has 4 rings (SSSR count). The van der Waals surface area contributed by atoms with Crippen molar-refractivity contribution < 1.29 is 14.3 Å². The highest BCUT2D eigenvalue weighted by Crippen LogP contribution is 2.48. The van der Waals surface area contributed by atoms with E-state index in [4.69, 9.17) is 9.47 Å². The number of ether oxygens (including phenoxy) is 2. The van der Waals surface area contributed by atoms with Gasteiger partial charge < -0.3 is 9.47 Å². The third kappa shape index (κ3) is 6.28. The van der Waals surface area contributed by atoms with Crippen LogP contribution in [0.3, 0.4) is 0 Å². The first kappa shape index (κ1) is 23.6. The van der Waals surface area contributed by atoms with Crippen LogP contribution in [0.1, 0.15) is 82.3 Å². The number of hydrogen-bond donors (Lipinski definition) is 0. The van der Waals surface area contributed by atoms with Crippen LogP contribution in [0.2, 0.25) is 0 Å². The zero-order chi connectivity index (χ0) is 22.9. The van der Waals surface area contributed by atoms with Gasteiger partial charge in [-0.05, 0) is 92.5 Å². The number of hydrogen-bond acceptors (Lipinski definition) is 3. The molecule has 3 heteroatoms. The first-order valence-corrected chi connectivity index (χ1v) is 12.9. The normalized spacial score (nSPS) is 19.7. The van der Waals surface area contributed by atoms with Crippen LogP contribution in [-0.2, 0) is 9.53 Å². The van der Waals surface area contributed by atoms with Crippen molar-refractivity contribution in [2.45, 2.75) is 71.1 Å². The maximum Gasteiger partial charge on any atom is 0.305 e. The molecule has 2 saturated carbocycles. The molecule has 2 aliphatic carbocycles. The Bertz CT molecular complexity index is 889. The zero-order valence-electron chi connectivity index (χ0n) is 20.1. The van der Waals surface area contributed by atoms with Crippen LogP contribution in [0.5, 0.6) is 5.75 Å². The molecular formula is C30H38O3. The molecule has 33 heavy (non-hydrogen) atoms. The fourth-order valence-electron chi connectivity index (χ4n) is 5.67. The first-order valence-electron chi connectivity index (χ1n) is 12.9. The number of fused-ring (bicyclic) bond motifs is 2. The molecule has 2 aromatic rings. The molecule has 2 fully saturated rings. The van der Waals surface area contributed by atoms with Crippen LogP contribution >= 0.6 is 0 Å². The molecule has 176 valence electrons. The summed E-state index contributed by atoms with van der Waals surface area (Å²) >= 11 is 0. The Hall–Kier alpha value is -2.55. The van der Waals surface area contributed by atoms with Gasteiger partial charge in [-0.3, -0.25) is 4.79 Å². The molecule has 2 aliphatic rings. The number of carbonyl (C=O) groups is 1. The monoisotopic (exact) mass is 446 g/mol. The summed E-state index contributed by atoms with van der Waals surface area (Å²) in [5.74, 6) is 2.32. The summed E-state index contributed by atoms with van der Waals surface area (Å²) in [6.45, 7) is 2.98. The standard InChI is InChI=1S/C30H38O3/c1-2-32-28(31)17-7-4-8-22-33-27-20-18-26(19-21-27)30(23-11-5-3-6-12-23)29-24-13-9-14-25(29)16-10-15-24/h3,5-6,11-12,18-21,24-25H,2,4,7-10,13-17,22H2,1H3. The number of carbonyl (C=O) groups excluding carboxylic acids is 1. The molecule has 0 atom stereocenters. The molecule has 2 aromatic carbocycles. The third-order valence-corrected chi connectivity index (χ3v) is 7.18. The highest BCUT2D eigenvalue weighted by atomic mass is 16.5. The number of unbranched alkanes of at least 4 members (excludes halogenated alkanes) is 2. The third-order valence-electron chi connectivity index (χ3n) is 7.18. The van der Waals surface area contributed by atoms with E-state index in [1.807, 2.05) is 6.92 Å². The maximum absolute atomic E-state index is 11.4. The summed E-state index contributed by atoms with van der Waals surface area (Å²) in [6, 6.07) is 19.7. The van der Waals surface area contributed by atoms with Crippen LogP contribution in [0.25, 0.3) is 5.57 Å². The Morgan fingerprint density at radius 2 is 1.45 bits per heavy atom.